The Labute approximate surface area is 208 Å². The Bertz CT molecular complexity index is 1400. The Morgan fingerprint density at radius 3 is 2.32 bits per heavy atom. The van der Waals surface area contributed by atoms with Crippen LogP contribution in [0.25, 0.3) is 17.1 Å². The molecule has 0 spiro atoms. The molecule has 0 atom stereocenters. The van der Waals surface area contributed by atoms with E-state index in [1.807, 2.05) is 69.3 Å². The van der Waals surface area contributed by atoms with Crippen molar-refractivity contribution in [3.8, 4) is 5.69 Å². The molecule has 0 fully saturated rings. The van der Waals surface area contributed by atoms with Crippen molar-refractivity contribution in [1.29, 1.82) is 0 Å². The highest BCUT2D eigenvalue weighted by molar-refractivity contribution is 7.81. The van der Waals surface area contributed by atoms with Gasteiger partial charge in [0.15, 0.2) is 17.4 Å². The van der Waals surface area contributed by atoms with Crippen LogP contribution in [0.5, 0.6) is 0 Å². The Morgan fingerprint density at radius 2 is 1.68 bits per heavy atom. The van der Waals surface area contributed by atoms with Crippen LogP contribution in [-0.2, 0) is 0 Å². The van der Waals surface area contributed by atoms with Crippen LogP contribution < -0.4 is 15.0 Å². The zero-order valence-corrected chi connectivity index (χ0v) is 20.5. The van der Waals surface area contributed by atoms with Crippen LogP contribution in [0, 0.1) is 26.6 Å². The second kappa shape index (κ2) is 9.79. The lowest BCUT2D eigenvalue weighted by Crippen LogP contribution is -2.39. The number of aromatic nitrogens is 2. The first-order chi connectivity index (χ1) is 16.3. The molecule has 4 rings (SSSR count). The quantitative estimate of drug-likeness (QED) is 0.171. The molecule has 1 N–H and O–H groups in total. The van der Waals surface area contributed by atoms with Gasteiger partial charge in [-0.15, -0.1) is 0 Å². The van der Waals surface area contributed by atoms with Crippen LogP contribution in [0.3, 0.4) is 0 Å². The molecule has 4 aromatic rings. The summed E-state index contributed by atoms with van der Waals surface area (Å²) < 4.78 is 17.3. The minimum absolute atomic E-state index is 0.0327. The lowest BCUT2D eigenvalue weighted by molar-refractivity contribution is -0.577. The number of hydrogen-bond acceptors (Lipinski definition) is 2. The molecule has 172 valence electrons. The van der Waals surface area contributed by atoms with Gasteiger partial charge in [-0.1, -0.05) is 47.6 Å². The molecule has 4 nitrogen and oxygen atoms in total. The molecule has 2 aromatic carbocycles. The van der Waals surface area contributed by atoms with E-state index in [0.717, 1.165) is 22.6 Å². The van der Waals surface area contributed by atoms with E-state index in [1.54, 1.807) is 17.0 Å². The van der Waals surface area contributed by atoms with E-state index in [4.69, 9.17) is 23.8 Å². The molecule has 0 saturated carbocycles. The smallest absolute Gasteiger partial charge is 0.238 e. The highest BCUT2D eigenvalue weighted by Crippen LogP contribution is 2.27. The zero-order chi connectivity index (χ0) is 24.4. The van der Waals surface area contributed by atoms with Crippen LogP contribution in [-0.4, -0.2) is 9.56 Å². The van der Waals surface area contributed by atoms with E-state index in [9.17, 15) is 9.50 Å². The third kappa shape index (κ3) is 4.74. The molecule has 7 heteroatoms. The third-order valence-corrected chi connectivity index (χ3v) is 6.13. The molecule has 2 aromatic heterocycles. The van der Waals surface area contributed by atoms with Gasteiger partial charge in [0.2, 0.25) is 5.70 Å². The number of anilines is 1. The second-order valence-electron chi connectivity index (χ2n) is 8.00. The predicted molar refractivity (Wildman–Crippen MR) is 137 cm³/mol. The highest BCUT2D eigenvalue weighted by Gasteiger charge is 2.21. The number of nitrogens with zero attached hydrogens (tertiary/aromatic N) is 2. The van der Waals surface area contributed by atoms with Crippen molar-refractivity contribution in [2.75, 3.05) is 5.32 Å². The summed E-state index contributed by atoms with van der Waals surface area (Å²) in [5.41, 5.74) is 5.21. The van der Waals surface area contributed by atoms with E-state index < -0.39 is 5.82 Å². The first-order valence-electron chi connectivity index (χ1n) is 10.7. The molecular weight excluding hydrogens is 469 g/mol. The summed E-state index contributed by atoms with van der Waals surface area (Å²) in [5.74, 6) is -0.757. The molecular formula is C27H23ClFN3OS. The van der Waals surface area contributed by atoms with Gasteiger partial charge in [0, 0.05) is 34.9 Å². The first kappa shape index (κ1) is 23.7. The van der Waals surface area contributed by atoms with Crippen LogP contribution in [0.15, 0.2) is 79.1 Å². The van der Waals surface area contributed by atoms with Gasteiger partial charge in [-0.3, -0.25) is 0 Å². The Hall–Kier alpha value is -3.48. The van der Waals surface area contributed by atoms with Crippen LogP contribution >= 0.6 is 23.8 Å². The molecule has 0 bridgehead atoms. The molecule has 0 radical (unpaired) electrons. The number of aryl methyl sites for hydroxylation is 2. The fraction of sp³-hybridized carbons (Fsp3) is 0.111. The molecule has 0 aliphatic heterocycles. The highest BCUT2D eigenvalue weighted by atomic mass is 35.5. The van der Waals surface area contributed by atoms with Gasteiger partial charge < -0.3 is 15.0 Å². The Kier molecular flexibility index (Phi) is 6.82. The van der Waals surface area contributed by atoms with E-state index in [1.165, 1.54) is 18.2 Å². The number of thiocarbonyl (C=S) groups is 1. The largest absolute Gasteiger partial charge is 0.867 e. The third-order valence-electron chi connectivity index (χ3n) is 5.55. The number of pyridine rings is 1. The SMILES string of the molecule is Cc1ccc(-n2c(C)cc(C([O-])=C(C(=S)Nc3ccc(F)c(Cl)c3)[n+]3ccccc3)c2C)cc1. The van der Waals surface area contributed by atoms with Crippen molar-refractivity contribution < 1.29 is 14.1 Å². The summed E-state index contributed by atoms with van der Waals surface area (Å²) in [5, 5.41) is 16.9. The monoisotopic (exact) mass is 491 g/mol. The Morgan fingerprint density at radius 1 is 1.00 bits per heavy atom. The maximum atomic E-state index is 13.9. The van der Waals surface area contributed by atoms with Crippen LogP contribution in [0.4, 0.5) is 10.1 Å². The molecule has 0 amide bonds. The summed E-state index contributed by atoms with van der Waals surface area (Å²) in [4.78, 5) is 0.198. The summed E-state index contributed by atoms with van der Waals surface area (Å²) >= 11 is 11.6. The molecule has 0 unspecified atom stereocenters. The average molecular weight is 492 g/mol. The maximum absolute atomic E-state index is 13.9. The second-order valence-corrected chi connectivity index (χ2v) is 8.81. The standard InChI is InChI=1S/C27H23ClFN3OS/c1-17-7-10-21(11-8-17)32-18(2)15-22(19(32)3)26(33)25(31-13-5-4-6-14-31)27(34)30-20-9-12-24(29)23(28)16-20/h4-16H,1-3H3,(H-,30,33,34). The lowest BCUT2D eigenvalue weighted by atomic mass is 10.1. The molecule has 2 heterocycles. The van der Waals surface area contributed by atoms with Crippen molar-refractivity contribution in [3.05, 3.63) is 112 Å². The fourth-order valence-corrected chi connectivity index (χ4v) is 4.36. The van der Waals surface area contributed by atoms with Gasteiger partial charge in [-0.25, -0.2) is 4.39 Å². The number of halogens is 2. The van der Waals surface area contributed by atoms with E-state index in [-0.39, 0.29) is 21.5 Å². The topological polar surface area (TPSA) is 43.9 Å². The van der Waals surface area contributed by atoms with E-state index in [2.05, 4.69) is 9.88 Å². The van der Waals surface area contributed by atoms with Gasteiger partial charge in [0.05, 0.1) is 5.02 Å². The van der Waals surface area contributed by atoms with Gasteiger partial charge in [-0.2, -0.15) is 4.57 Å². The van der Waals surface area contributed by atoms with Crippen molar-refractivity contribution >= 4 is 46.0 Å². The predicted octanol–water partition coefficient (Wildman–Crippen LogP) is 5.61. The zero-order valence-electron chi connectivity index (χ0n) is 19.0. The van der Waals surface area contributed by atoms with Crippen molar-refractivity contribution in [2.24, 2.45) is 0 Å². The number of benzene rings is 2. The van der Waals surface area contributed by atoms with Gasteiger partial charge >= 0.3 is 0 Å². The average Bonchev–Trinajstić information content (AvgIpc) is 3.11. The molecule has 34 heavy (non-hydrogen) atoms. The van der Waals surface area contributed by atoms with E-state index >= 15 is 0 Å². The van der Waals surface area contributed by atoms with Crippen molar-refractivity contribution in [1.82, 2.24) is 4.57 Å². The van der Waals surface area contributed by atoms with E-state index in [0.29, 0.717) is 11.3 Å². The number of rotatable bonds is 5. The van der Waals surface area contributed by atoms with Gasteiger partial charge in [0.25, 0.3) is 0 Å². The Balaban J connectivity index is 1.82. The molecule has 0 aliphatic rings. The molecule has 0 aliphatic carbocycles. The lowest BCUT2D eigenvalue weighted by Gasteiger charge is -2.17. The minimum atomic E-state index is -0.528. The minimum Gasteiger partial charge on any atom is -0.867 e. The summed E-state index contributed by atoms with van der Waals surface area (Å²) in [6.07, 6.45) is 3.52. The van der Waals surface area contributed by atoms with Gasteiger partial charge in [-0.05, 0) is 68.5 Å². The summed E-state index contributed by atoms with van der Waals surface area (Å²) in [6, 6.07) is 19.7. The summed E-state index contributed by atoms with van der Waals surface area (Å²) in [6.45, 7) is 5.92. The van der Waals surface area contributed by atoms with Gasteiger partial charge in [0.1, 0.15) is 5.82 Å². The van der Waals surface area contributed by atoms with Crippen LogP contribution in [0.1, 0.15) is 22.5 Å². The van der Waals surface area contributed by atoms with Crippen LogP contribution in [0.2, 0.25) is 5.02 Å². The first-order valence-corrected chi connectivity index (χ1v) is 11.5. The maximum Gasteiger partial charge on any atom is 0.238 e. The van der Waals surface area contributed by atoms with Crippen molar-refractivity contribution in [3.63, 3.8) is 0 Å². The molecule has 0 saturated heterocycles. The number of nitrogens with one attached hydrogen (secondary N) is 1. The number of hydrogen-bond donors (Lipinski definition) is 1. The fourth-order valence-electron chi connectivity index (χ4n) is 3.86. The summed E-state index contributed by atoms with van der Waals surface area (Å²) in [7, 11) is 0. The normalized spacial score (nSPS) is 11.8. The van der Waals surface area contributed by atoms with Crippen molar-refractivity contribution in [2.45, 2.75) is 20.8 Å².